The molecule has 0 atom stereocenters. The van der Waals surface area contributed by atoms with Gasteiger partial charge in [0.1, 0.15) is 5.56 Å². The van der Waals surface area contributed by atoms with Crippen molar-refractivity contribution in [3.8, 4) is 0 Å². The fourth-order valence-electron chi connectivity index (χ4n) is 2.83. The fraction of sp³-hybridized carbons (Fsp3) is 0.235. The fourth-order valence-corrected chi connectivity index (χ4v) is 3.13. The summed E-state index contributed by atoms with van der Waals surface area (Å²) < 4.78 is 0. The van der Waals surface area contributed by atoms with Crippen LogP contribution in [0, 0.1) is 10.1 Å². The number of nitro groups is 1. The van der Waals surface area contributed by atoms with Crippen LogP contribution in [0.3, 0.4) is 0 Å². The highest BCUT2D eigenvalue weighted by molar-refractivity contribution is 6.31. The van der Waals surface area contributed by atoms with Crippen LogP contribution in [0.15, 0.2) is 42.5 Å². The number of nitro benzene ring substituents is 1. The molecule has 2 aromatic rings. The largest absolute Gasteiger partial charge is 0.368 e. The Kier molecular flexibility index (Phi) is 5.11. The van der Waals surface area contributed by atoms with Gasteiger partial charge in [-0.25, -0.2) is 0 Å². The lowest BCUT2D eigenvalue weighted by Gasteiger charge is -2.36. The summed E-state index contributed by atoms with van der Waals surface area (Å²) in [6.45, 7) is 2.24. The zero-order chi connectivity index (χ0) is 18.0. The third kappa shape index (κ3) is 3.86. The molecule has 2 aromatic carbocycles. The number of halogens is 2. The Morgan fingerprint density at radius 2 is 1.56 bits per heavy atom. The van der Waals surface area contributed by atoms with E-state index >= 15 is 0 Å². The predicted molar refractivity (Wildman–Crippen MR) is 97.7 cm³/mol. The van der Waals surface area contributed by atoms with Gasteiger partial charge in [-0.2, -0.15) is 0 Å². The minimum absolute atomic E-state index is 0.0254. The first-order chi connectivity index (χ1) is 12.0. The van der Waals surface area contributed by atoms with E-state index in [1.807, 2.05) is 24.3 Å². The van der Waals surface area contributed by atoms with Crippen molar-refractivity contribution in [3.63, 3.8) is 0 Å². The molecule has 1 fully saturated rings. The van der Waals surface area contributed by atoms with Crippen LogP contribution < -0.4 is 4.90 Å². The van der Waals surface area contributed by atoms with E-state index in [1.165, 1.54) is 18.2 Å². The summed E-state index contributed by atoms with van der Waals surface area (Å²) in [6.07, 6.45) is 0. The predicted octanol–water partition coefficient (Wildman–Crippen LogP) is 3.86. The van der Waals surface area contributed by atoms with Gasteiger partial charge in [0.2, 0.25) is 0 Å². The van der Waals surface area contributed by atoms with E-state index in [2.05, 4.69) is 4.90 Å². The smallest absolute Gasteiger partial charge is 0.282 e. The summed E-state index contributed by atoms with van der Waals surface area (Å²) in [5.74, 6) is -0.370. The molecule has 1 aliphatic heterocycles. The van der Waals surface area contributed by atoms with E-state index in [-0.39, 0.29) is 17.2 Å². The average molecular weight is 380 g/mol. The number of nitrogens with zero attached hydrogens (tertiary/aromatic N) is 3. The molecule has 0 aromatic heterocycles. The summed E-state index contributed by atoms with van der Waals surface area (Å²) in [5, 5.41) is 12.1. The van der Waals surface area contributed by atoms with Gasteiger partial charge < -0.3 is 9.80 Å². The molecular weight excluding hydrogens is 365 g/mol. The first-order valence-electron chi connectivity index (χ1n) is 7.69. The first kappa shape index (κ1) is 17.5. The van der Waals surface area contributed by atoms with Gasteiger partial charge in [-0.15, -0.1) is 0 Å². The van der Waals surface area contributed by atoms with Gasteiger partial charge in [0.15, 0.2) is 0 Å². The number of rotatable bonds is 3. The molecule has 1 amide bonds. The number of anilines is 1. The van der Waals surface area contributed by atoms with Gasteiger partial charge >= 0.3 is 0 Å². The normalized spacial score (nSPS) is 14.5. The zero-order valence-corrected chi connectivity index (χ0v) is 14.7. The van der Waals surface area contributed by atoms with Gasteiger partial charge in [0, 0.05) is 48.0 Å². The topological polar surface area (TPSA) is 66.7 Å². The van der Waals surface area contributed by atoms with Gasteiger partial charge in [-0.3, -0.25) is 14.9 Å². The van der Waals surface area contributed by atoms with Crippen LogP contribution in [-0.4, -0.2) is 41.9 Å². The van der Waals surface area contributed by atoms with Crippen LogP contribution in [-0.2, 0) is 0 Å². The van der Waals surface area contributed by atoms with Gasteiger partial charge in [0.25, 0.3) is 11.6 Å². The van der Waals surface area contributed by atoms with E-state index in [0.29, 0.717) is 36.2 Å². The highest BCUT2D eigenvalue weighted by atomic mass is 35.5. The number of carbonyl (C=O) groups excluding carboxylic acids is 1. The van der Waals surface area contributed by atoms with Crippen LogP contribution in [0.1, 0.15) is 10.4 Å². The van der Waals surface area contributed by atoms with Crippen LogP contribution in [0.2, 0.25) is 10.0 Å². The van der Waals surface area contributed by atoms with Crippen molar-refractivity contribution >= 4 is 40.5 Å². The lowest BCUT2D eigenvalue weighted by molar-refractivity contribution is -0.385. The maximum atomic E-state index is 12.7. The van der Waals surface area contributed by atoms with Crippen molar-refractivity contribution in [2.75, 3.05) is 31.1 Å². The summed E-state index contributed by atoms with van der Waals surface area (Å²) in [7, 11) is 0. The lowest BCUT2D eigenvalue weighted by atomic mass is 10.1. The molecule has 0 saturated carbocycles. The Hall–Kier alpha value is -2.31. The molecule has 3 rings (SSSR count). The number of piperazine rings is 1. The van der Waals surface area contributed by atoms with Gasteiger partial charge in [0.05, 0.1) is 4.92 Å². The van der Waals surface area contributed by atoms with Crippen molar-refractivity contribution in [1.29, 1.82) is 0 Å². The second-order valence-electron chi connectivity index (χ2n) is 5.67. The highest BCUT2D eigenvalue weighted by Crippen LogP contribution is 2.25. The third-order valence-corrected chi connectivity index (χ3v) is 4.63. The molecule has 25 heavy (non-hydrogen) atoms. The van der Waals surface area contributed by atoms with Gasteiger partial charge in [-0.05, 0) is 36.4 Å². The number of amides is 1. The monoisotopic (exact) mass is 379 g/mol. The Morgan fingerprint density at radius 3 is 2.16 bits per heavy atom. The van der Waals surface area contributed by atoms with Crippen LogP contribution >= 0.6 is 23.2 Å². The Morgan fingerprint density at radius 1 is 0.960 bits per heavy atom. The molecule has 0 radical (unpaired) electrons. The number of hydrogen-bond acceptors (Lipinski definition) is 4. The Labute approximate surface area is 154 Å². The second-order valence-corrected chi connectivity index (χ2v) is 6.55. The van der Waals surface area contributed by atoms with Crippen LogP contribution in [0.4, 0.5) is 11.4 Å². The molecule has 0 unspecified atom stereocenters. The number of carbonyl (C=O) groups is 1. The summed E-state index contributed by atoms with van der Waals surface area (Å²) in [4.78, 5) is 27.0. The van der Waals surface area contributed by atoms with Crippen LogP contribution in [0.5, 0.6) is 0 Å². The Balaban J connectivity index is 1.73. The number of hydrogen-bond donors (Lipinski definition) is 0. The summed E-state index contributed by atoms with van der Waals surface area (Å²) in [5.41, 5.74) is 0.831. The SMILES string of the molecule is O=C(c1cc(Cl)ccc1[N+](=O)[O-])N1CCN(c2ccc(Cl)cc2)CC1. The Bertz CT molecular complexity index is 803. The molecule has 6 nitrogen and oxygen atoms in total. The molecule has 0 aliphatic carbocycles. The van der Waals surface area contributed by atoms with E-state index in [1.54, 1.807) is 4.90 Å². The van der Waals surface area contributed by atoms with E-state index < -0.39 is 4.92 Å². The average Bonchev–Trinajstić information content (AvgIpc) is 2.61. The van der Waals surface area contributed by atoms with Crippen molar-refractivity contribution < 1.29 is 9.72 Å². The first-order valence-corrected chi connectivity index (χ1v) is 8.45. The van der Waals surface area contributed by atoms with Crippen molar-refractivity contribution in [1.82, 2.24) is 4.90 Å². The molecule has 0 spiro atoms. The minimum Gasteiger partial charge on any atom is -0.368 e. The van der Waals surface area contributed by atoms with E-state index in [9.17, 15) is 14.9 Å². The molecule has 1 saturated heterocycles. The molecular formula is C17H15Cl2N3O3. The third-order valence-electron chi connectivity index (χ3n) is 4.14. The van der Waals surface area contributed by atoms with E-state index in [4.69, 9.17) is 23.2 Å². The molecule has 8 heteroatoms. The maximum Gasteiger partial charge on any atom is 0.282 e. The quantitative estimate of drug-likeness (QED) is 0.599. The molecule has 130 valence electrons. The zero-order valence-electron chi connectivity index (χ0n) is 13.2. The highest BCUT2D eigenvalue weighted by Gasteiger charge is 2.27. The van der Waals surface area contributed by atoms with E-state index in [0.717, 1.165) is 5.69 Å². The van der Waals surface area contributed by atoms with Crippen LogP contribution in [0.25, 0.3) is 0 Å². The standard InChI is InChI=1S/C17H15Cl2N3O3/c18-12-1-4-14(5-2-12)20-7-9-21(10-8-20)17(23)15-11-13(19)3-6-16(15)22(24)25/h1-6,11H,7-10H2. The summed E-state index contributed by atoms with van der Waals surface area (Å²) in [6, 6.07) is 11.5. The molecule has 0 N–H and O–H groups in total. The van der Waals surface area contributed by atoms with Gasteiger partial charge in [-0.1, -0.05) is 23.2 Å². The maximum absolute atomic E-state index is 12.7. The van der Waals surface area contributed by atoms with Crippen molar-refractivity contribution in [3.05, 3.63) is 68.2 Å². The lowest BCUT2D eigenvalue weighted by Crippen LogP contribution is -2.48. The summed E-state index contributed by atoms with van der Waals surface area (Å²) >= 11 is 11.8. The number of benzene rings is 2. The minimum atomic E-state index is -0.562. The van der Waals surface area contributed by atoms with Crippen molar-refractivity contribution in [2.24, 2.45) is 0 Å². The molecule has 1 aliphatic rings. The second kappa shape index (κ2) is 7.29. The molecule has 0 bridgehead atoms. The molecule has 1 heterocycles. The van der Waals surface area contributed by atoms with Crippen molar-refractivity contribution in [2.45, 2.75) is 0 Å².